The summed E-state index contributed by atoms with van der Waals surface area (Å²) in [5.74, 6) is 0.324. The average Bonchev–Trinajstić information content (AvgIpc) is 3.02. The fourth-order valence-corrected chi connectivity index (χ4v) is 3.20. The molecule has 3 rings (SSSR count). The number of nitrogens with one attached hydrogen (secondary N) is 1. The maximum absolute atomic E-state index is 12.4. The van der Waals surface area contributed by atoms with Crippen LogP contribution in [-0.2, 0) is 6.54 Å². The molecule has 6 heteroatoms. The highest BCUT2D eigenvalue weighted by atomic mass is 16.3. The number of rotatable bonds is 5. The van der Waals surface area contributed by atoms with Gasteiger partial charge in [0, 0.05) is 31.7 Å². The summed E-state index contributed by atoms with van der Waals surface area (Å²) in [6.45, 7) is 4.25. The highest BCUT2D eigenvalue weighted by molar-refractivity contribution is 5.93. The molecule has 1 aliphatic heterocycles. The average molecular weight is 329 g/mol. The minimum Gasteiger partial charge on any atom is -0.448 e. The van der Waals surface area contributed by atoms with Gasteiger partial charge in [0.25, 0.3) is 5.91 Å². The molecule has 1 saturated heterocycles. The van der Waals surface area contributed by atoms with Gasteiger partial charge in [-0.25, -0.2) is 4.98 Å². The highest BCUT2D eigenvalue weighted by Crippen LogP contribution is 2.20. The Morgan fingerprint density at radius 1 is 1.42 bits per heavy atom. The Kier molecular flexibility index (Phi) is 5.27. The van der Waals surface area contributed by atoms with E-state index in [0.717, 1.165) is 19.5 Å². The summed E-state index contributed by atoms with van der Waals surface area (Å²) in [6, 6.07) is 10.2. The Morgan fingerprint density at radius 2 is 2.21 bits per heavy atom. The zero-order valence-electron chi connectivity index (χ0n) is 13.8. The van der Waals surface area contributed by atoms with E-state index in [1.54, 1.807) is 6.92 Å². The third kappa shape index (κ3) is 3.83. The summed E-state index contributed by atoms with van der Waals surface area (Å²) < 4.78 is 5.10. The first-order valence-corrected chi connectivity index (χ1v) is 8.25. The number of aryl methyl sites for hydroxylation is 1. The van der Waals surface area contributed by atoms with Gasteiger partial charge in [-0.2, -0.15) is 0 Å². The fourth-order valence-electron chi connectivity index (χ4n) is 3.20. The smallest absolute Gasteiger partial charge is 0.273 e. The second-order valence-electron chi connectivity index (χ2n) is 6.29. The summed E-state index contributed by atoms with van der Waals surface area (Å²) in [7, 11) is 0. The van der Waals surface area contributed by atoms with Crippen LogP contribution < -0.4 is 5.32 Å². The van der Waals surface area contributed by atoms with Crippen molar-refractivity contribution in [3.63, 3.8) is 0 Å². The van der Waals surface area contributed by atoms with Crippen LogP contribution in [0, 0.1) is 12.8 Å². The largest absolute Gasteiger partial charge is 0.448 e. The molecular formula is C18H23N3O3. The lowest BCUT2D eigenvalue weighted by atomic mass is 9.91. The number of amides is 1. The normalized spacial score (nSPS) is 21.6. The molecule has 2 heterocycles. The second-order valence-corrected chi connectivity index (χ2v) is 6.29. The molecule has 2 atom stereocenters. The van der Waals surface area contributed by atoms with E-state index in [1.165, 1.54) is 12.0 Å². The van der Waals surface area contributed by atoms with E-state index in [4.69, 9.17) is 4.42 Å². The van der Waals surface area contributed by atoms with E-state index < -0.39 is 0 Å². The SMILES string of the molecule is Cc1ocnc1C(=O)NC1CN(Cc2ccccc2)CCC1CO. The Morgan fingerprint density at radius 3 is 2.88 bits per heavy atom. The van der Waals surface area contributed by atoms with Gasteiger partial charge in [-0.15, -0.1) is 0 Å². The van der Waals surface area contributed by atoms with Crippen LogP contribution in [0.5, 0.6) is 0 Å². The molecule has 2 aromatic rings. The van der Waals surface area contributed by atoms with E-state index in [9.17, 15) is 9.90 Å². The van der Waals surface area contributed by atoms with Crippen LogP contribution in [-0.4, -0.2) is 46.6 Å². The number of aliphatic hydroxyl groups is 1. The number of carbonyl (C=O) groups is 1. The Bertz CT molecular complexity index is 671. The van der Waals surface area contributed by atoms with Crippen molar-refractivity contribution in [1.82, 2.24) is 15.2 Å². The maximum Gasteiger partial charge on any atom is 0.273 e. The molecule has 6 nitrogen and oxygen atoms in total. The van der Waals surface area contributed by atoms with Crippen LogP contribution in [0.15, 0.2) is 41.1 Å². The fraction of sp³-hybridized carbons (Fsp3) is 0.444. The Labute approximate surface area is 141 Å². The number of nitrogens with zero attached hydrogens (tertiary/aromatic N) is 2. The molecular weight excluding hydrogens is 306 g/mol. The molecule has 1 aromatic carbocycles. The molecule has 0 saturated carbocycles. The quantitative estimate of drug-likeness (QED) is 0.871. The van der Waals surface area contributed by atoms with Crippen molar-refractivity contribution in [2.45, 2.75) is 25.9 Å². The molecule has 1 amide bonds. The van der Waals surface area contributed by atoms with Crippen molar-refractivity contribution < 1.29 is 14.3 Å². The molecule has 0 spiro atoms. The predicted molar refractivity (Wildman–Crippen MR) is 89.4 cm³/mol. The van der Waals surface area contributed by atoms with Crippen LogP contribution in [0.1, 0.15) is 28.2 Å². The lowest BCUT2D eigenvalue weighted by molar-refractivity contribution is 0.0726. The van der Waals surface area contributed by atoms with Gasteiger partial charge in [0.2, 0.25) is 0 Å². The van der Waals surface area contributed by atoms with Crippen LogP contribution >= 0.6 is 0 Å². The van der Waals surface area contributed by atoms with Gasteiger partial charge in [0.1, 0.15) is 5.76 Å². The second kappa shape index (κ2) is 7.59. The highest BCUT2D eigenvalue weighted by Gasteiger charge is 2.31. The molecule has 0 bridgehead atoms. The van der Waals surface area contributed by atoms with Crippen LogP contribution in [0.3, 0.4) is 0 Å². The standard InChI is InChI=1S/C18H23N3O3/c1-13-17(19-12-24-13)18(23)20-16-10-21(8-7-15(16)11-22)9-14-5-3-2-4-6-14/h2-6,12,15-16,22H,7-11H2,1H3,(H,20,23). The van der Waals surface area contributed by atoms with Crippen molar-refractivity contribution in [2.24, 2.45) is 5.92 Å². The number of hydrogen-bond acceptors (Lipinski definition) is 5. The zero-order chi connectivity index (χ0) is 16.9. The van der Waals surface area contributed by atoms with E-state index in [-0.39, 0.29) is 24.5 Å². The maximum atomic E-state index is 12.4. The van der Waals surface area contributed by atoms with E-state index in [2.05, 4.69) is 27.3 Å². The van der Waals surface area contributed by atoms with Crippen molar-refractivity contribution in [2.75, 3.05) is 19.7 Å². The first-order valence-electron chi connectivity index (χ1n) is 8.25. The van der Waals surface area contributed by atoms with E-state index in [1.807, 2.05) is 18.2 Å². The molecule has 0 aliphatic carbocycles. The Hall–Kier alpha value is -2.18. The van der Waals surface area contributed by atoms with E-state index in [0.29, 0.717) is 18.0 Å². The summed E-state index contributed by atoms with van der Waals surface area (Å²) in [5.41, 5.74) is 1.56. The molecule has 1 fully saturated rings. The summed E-state index contributed by atoms with van der Waals surface area (Å²) >= 11 is 0. The lowest BCUT2D eigenvalue weighted by Gasteiger charge is -2.38. The van der Waals surface area contributed by atoms with Crippen LogP contribution in [0.2, 0.25) is 0 Å². The summed E-state index contributed by atoms with van der Waals surface area (Å²) in [4.78, 5) is 18.7. The monoisotopic (exact) mass is 329 g/mol. The third-order valence-electron chi connectivity index (χ3n) is 4.60. The van der Waals surface area contributed by atoms with Crippen molar-refractivity contribution >= 4 is 5.91 Å². The summed E-state index contributed by atoms with van der Waals surface area (Å²) in [5, 5.41) is 12.6. The van der Waals surface area contributed by atoms with Gasteiger partial charge >= 0.3 is 0 Å². The van der Waals surface area contributed by atoms with Crippen LogP contribution in [0.25, 0.3) is 0 Å². The third-order valence-corrected chi connectivity index (χ3v) is 4.60. The number of likely N-dealkylation sites (tertiary alicyclic amines) is 1. The van der Waals surface area contributed by atoms with Gasteiger partial charge in [-0.1, -0.05) is 30.3 Å². The number of benzene rings is 1. The number of aliphatic hydroxyl groups excluding tert-OH is 1. The minimum absolute atomic E-state index is 0.0631. The number of aromatic nitrogens is 1. The lowest BCUT2D eigenvalue weighted by Crippen LogP contribution is -2.53. The molecule has 1 aliphatic rings. The van der Waals surface area contributed by atoms with Gasteiger partial charge in [-0.3, -0.25) is 9.69 Å². The van der Waals surface area contributed by atoms with Gasteiger partial charge < -0.3 is 14.8 Å². The molecule has 24 heavy (non-hydrogen) atoms. The number of piperidine rings is 1. The van der Waals surface area contributed by atoms with Crippen molar-refractivity contribution in [1.29, 1.82) is 0 Å². The first kappa shape index (κ1) is 16.7. The molecule has 2 N–H and O–H groups in total. The van der Waals surface area contributed by atoms with Crippen molar-refractivity contribution in [3.05, 3.63) is 53.7 Å². The Balaban J connectivity index is 1.65. The number of carbonyl (C=O) groups excluding carboxylic acids is 1. The predicted octanol–water partition coefficient (Wildman–Crippen LogP) is 1.60. The first-order chi connectivity index (χ1) is 11.7. The number of oxazole rings is 1. The minimum atomic E-state index is -0.244. The molecule has 2 unspecified atom stereocenters. The van der Waals surface area contributed by atoms with Crippen molar-refractivity contribution in [3.8, 4) is 0 Å². The van der Waals surface area contributed by atoms with Gasteiger partial charge in [-0.05, 0) is 25.5 Å². The summed E-state index contributed by atoms with van der Waals surface area (Å²) in [6.07, 6.45) is 2.13. The van der Waals surface area contributed by atoms with E-state index >= 15 is 0 Å². The number of hydrogen-bond donors (Lipinski definition) is 2. The molecule has 1 aromatic heterocycles. The molecule has 128 valence electrons. The van der Waals surface area contributed by atoms with Crippen LogP contribution in [0.4, 0.5) is 0 Å². The molecule has 0 radical (unpaired) electrons. The zero-order valence-corrected chi connectivity index (χ0v) is 13.8. The topological polar surface area (TPSA) is 78.6 Å². The van der Waals surface area contributed by atoms with Gasteiger partial charge in [0.05, 0.1) is 0 Å². The van der Waals surface area contributed by atoms with Gasteiger partial charge in [0.15, 0.2) is 12.1 Å².